The number of ether oxygens (including phenoxy) is 1. The summed E-state index contributed by atoms with van der Waals surface area (Å²) in [6, 6.07) is 1.95. The predicted molar refractivity (Wildman–Crippen MR) is 100 cm³/mol. The van der Waals surface area contributed by atoms with Gasteiger partial charge in [0.05, 0.1) is 6.61 Å². The van der Waals surface area contributed by atoms with Gasteiger partial charge in [0.1, 0.15) is 11.5 Å². The van der Waals surface area contributed by atoms with Gasteiger partial charge in [0.2, 0.25) is 0 Å². The Labute approximate surface area is 161 Å². The number of nitrogens with zero attached hydrogens (tertiary/aromatic N) is 1. The first kappa shape index (κ1) is 17.8. The van der Waals surface area contributed by atoms with Crippen molar-refractivity contribution in [2.24, 2.45) is 5.92 Å². The molecule has 6 heteroatoms. The summed E-state index contributed by atoms with van der Waals surface area (Å²) in [7, 11) is 0. The number of Topliss-reactive ketones (excluding diaryl/α,β-unsaturated/α-hetero) is 1. The number of rotatable bonds is 1. The number of halogens is 1. The van der Waals surface area contributed by atoms with Crippen molar-refractivity contribution in [2.45, 2.75) is 57.4 Å². The Kier molecular flexibility index (Phi) is 4.29. The number of ketones is 1. The number of likely N-dealkylation sites (tertiary alicyclic amines) is 1. The molecule has 3 unspecified atom stereocenters. The van der Waals surface area contributed by atoms with Crippen LogP contribution in [-0.2, 0) is 21.4 Å². The molecule has 1 saturated carbocycles. The summed E-state index contributed by atoms with van der Waals surface area (Å²) in [4.78, 5) is 26.8. The van der Waals surface area contributed by atoms with Crippen molar-refractivity contribution >= 4 is 27.8 Å². The number of hydrogen-bond donors (Lipinski definition) is 1. The highest BCUT2D eigenvalue weighted by Gasteiger charge is 2.58. The van der Waals surface area contributed by atoms with Crippen LogP contribution in [0.5, 0.6) is 5.75 Å². The molecule has 5 nitrogen and oxygen atoms in total. The Bertz CT molecular complexity index is 793. The van der Waals surface area contributed by atoms with E-state index < -0.39 is 0 Å². The molecular weight excluding hydrogens is 398 g/mol. The fourth-order valence-corrected chi connectivity index (χ4v) is 6.24. The van der Waals surface area contributed by atoms with Crippen LogP contribution in [-0.4, -0.2) is 41.1 Å². The molecular formula is C20H24BrNO4. The topological polar surface area (TPSA) is 66.8 Å². The maximum absolute atomic E-state index is 12.5. The fraction of sp³-hybridized carbons (Fsp3) is 0.600. The lowest BCUT2D eigenvalue weighted by atomic mass is 9.52. The zero-order valence-corrected chi connectivity index (χ0v) is 16.8. The molecule has 140 valence electrons. The van der Waals surface area contributed by atoms with Crippen LogP contribution in [0.25, 0.3) is 0 Å². The molecule has 3 aliphatic rings. The summed E-state index contributed by atoms with van der Waals surface area (Å²) in [6.07, 6.45) is 2.89. The molecule has 0 radical (unpaired) electrons. The lowest BCUT2D eigenvalue weighted by Crippen LogP contribution is -2.63. The van der Waals surface area contributed by atoms with Crippen LogP contribution in [0.15, 0.2) is 10.5 Å². The molecule has 3 atom stereocenters. The number of phenols is 1. The Morgan fingerprint density at radius 3 is 3.00 bits per heavy atom. The number of piperidine rings is 1. The SMILES string of the molecule is CCOC(=O)N1CCC23CC(=O)CCC2C1Cc1c(Br)cc(C)c(O)c13. The van der Waals surface area contributed by atoms with E-state index in [9.17, 15) is 14.7 Å². The minimum absolute atomic E-state index is 0.0156. The van der Waals surface area contributed by atoms with Crippen LogP contribution >= 0.6 is 15.9 Å². The molecule has 1 saturated heterocycles. The van der Waals surface area contributed by atoms with E-state index in [4.69, 9.17) is 4.74 Å². The number of carbonyl (C=O) groups excluding carboxylic acids is 2. The third-order valence-corrected chi connectivity index (χ3v) is 7.28. The first-order valence-corrected chi connectivity index (χ1v) is 10.1. The predicted octanol–water partition coefficient (Wildman–Crippen LogP) is 3.86. The van der Waals surface area contributed by atoms with Gasteiger partial charge in [0.25, 0.3) is 0 Å². The largest absolute Gasteiger partial charge is 0.507 e. The number of aromatic hydroxyl groups is 1. The molecule has 0 spiro atoms. The summed E-state index contributed by atoms with van der Waals surface area (Å²) in [5.74, 6) is 0.769. The van der Waals surface area contributed by atoms with Gasteiger partial charge in [-0.1, -0.05) is 15.9 Å². The standard InChI is InChI=1S/C20H24BrNO4/c1-3-26-19(25)22-7-6-20-10-12(23)4-5-14(20)16(22)9-13-15(21)8-11(2)18(24)17(13)20/h8,14,16,24H,3-7,9-10H2,1-2H3. The number of amides is 1. The maximum Gasteiger partial charge on any atom is 0.410 e. The van der Waals surface area contributed by atoms with E-state index in [0.29, 0.717) is 44.6 Å². The van der Waals surface area contributed by atoms with Crippen LogP contribution in [0, 0.1) is 12.8 Å². The molecule has 1 aliphatic heterocycles. The lowest BCUT2D eigenvalue weighted by molar-refractivity contribution is -0.126. The van der Waals surface area contributed by atoms with Crippen molar-refractivity contribution in [3.63, 3.8) is 0 Å². The first-order chi connectivity index (χ1) is 12.4. The van der Waals surface area contributed by atoms with Crippen LogP contribution in [0.4, 0.5) is 4.79 Å². The smallest absolute Gasteiger partial charge is 0.410 e. The summed E-state index contributed by atoms with van der Waals surface area (Å²) >= 11 is 3.66. The van der Waals surface area contributed by atoms with Gasteiger partial charge >= 0.3 is 6.09 Å². The van der Waals surface area contributed by atoms with Crippen molar-refractivity contribution in [1.29, 1.82) is 0 Å². The summed E-state index contributed by atoms with van der Waals surface area (Å²) in [6.45, 7) is 4.64. The monoisotopic (exact) mass is 421 g/mol. The van der Waals surface area contributed by atoms with Gasteiger partial charge in [0, 0.05) is 40.9 Å². The van der Waals surface area contributed by atoms with E-state index in [1.165, 1.54) is 0 Å². The van der Waals surface area contributed by atoms with E-state index in [1.54, 1.807) is 0 Å². The molecule has 1 amide bonds. The second-order valence-corrected chi connectivity index (χ2v) is 8.66. The van der Waals surface area contributed by atoms with E-state index in [2.05, 4.69) is 15.9 Å². The van der Waals surface area contributed by atoms with Crippen LogP contribution in [0.3, 0.4) is 0 Å². The van der Waals surface area contributed by atoms with Gasteiger partial charge in [-0.05, 0) is 56.2 Å². The second-order valence-electron chi connectivity index (χ2n) is 7.81. The van der Waals surface area contributed by atoms with Crippen molar-refractivity contribution < 1.29 is 19.4 Å². The Morgan fingerprint density at radius 1 is 1.50 bits per heavy atom. The van der Waals surface area contributed by atoms with Gasteiger partial charge < -0.3 is 14.7 Å². The zero-order valence-electron chi connectivity index (χ0n) is 15.2. The average Bonchev–Trinajstić information content (AvgIpc) is 2.58. The molecule has 26 heavy (non-hydrogen) atoms. The van der Waals surface area contributed by atoms with Crippen LogP contribution < -0.4 is 0 Å². The number of phenolic OH excluding ortho intramolecular Hbond substituents is 1. The van der Waals surface area contributed by atoms with E-state index >= 15 is 0 Å². The Morgan fingerprint density at radius 2 is 2.27 bits per heavy atom. The van der Waals surface area contributed by atoms with Crippen LogP contribution in [0.1, 0.15) is 49.3 Å². The highest BCUT2D eigenvalue weighted by molar-refractivity contribution is 9.10. The molecule has 2 bridgehead atoms. The lowest BCUT2D eigenvalue weighted by Gasteiger charge is -2.58. The minimum atomic E-state index is -0.366. The zero-order chi connectivity index (χ0) is 18.6. The maximum atomic E-state index is 12.5. The first-order valence-electron chi connectivity index (χ1n) is 9.35. The molecule has 2 aliphatic carbocycles. The highest BCUT2D eigenvalue weighted by Crippen LogP contribution is 2.58. The minimum Gasteiger partial charge on any atom is -0.507 e. The van der Waals surface area contributed by atoms with Gasteiger partial charge in [-0.3, -0.25) is 4.79 Å². The van der Waals surface area contributed by atoms with E-state index in [1.807, 2.05) is 24.8 Å². The van der Waals surface area contributed by atoms with Gasteiger partial charge in [-0.15, -0.1) is 0 Å². The van der Waals surface area contributed by atoms with E-state index in [-0.39, 0.29) is 29.3 Å². The molecule has 1 aromatic carbocycles. The van der Waals surface area contributed by atoms with Crippen molar-refractivity contribution in [1.82, 2.24) is 4.90 Å². The quantitative estimate of drug-likeness (QED) is 0.747. The van der Waals surface area contributed by atoms with Gasteiger partial charge in [-0.25, -0.2) is 4.79 Å². The molecule has 0 aromatic heterocycles. The average molecular weight is 422 g/mol. The summed E-state index contributed by atoms with van der Waals surface area (Å²) < 4.78 is 6.24. The summed E-state index contributed by atoms with van der Waals surface area (Å²) in [5.41, 5.74) is 2.45. The molecule has 4 rings (SSSR count). The van der Waals surface area contributed by atoms with Gasteiger partial charge in [-0.2, -0.15) is 0 Å². The summed E-state index contributed by atoms with van der Waals surface area (Å²) in [5, 5.41) is 10.9. The molecule has 2 fully saturated rings. The normalized spacial score (nSPS) is 29.8. The Hall–Kier alpha value is -1.56. The number of aryl methyl sites for hydroxylation is 1. The molecule has 1 aromatic rings. The number of hydrogen-bond acceptors (Lipinski definition) is 4. The third-order valence-electron chi connectivity index (χ3n) is 6.58. The van der Waals surface area contributed by atoms with Crippen LogP contribution in [0.2, 0.25) is 0 Å². The van der Waals surface area contributed by atoms with Crippen molar-refractivity contribution in [3.8, 4) is 5.75 Å². The van der Waals surface area contributed by atoms with E-state index in [0.717, 1.165) is 27.6 Å². The van der Waals surface area contributed by atoms with Gasteiger partial charge in [0.15, 0.2) is 0 Å². The molecule has 1 heterocycles. The molecule has 1 N–H and O–H groups in total. The Balaban J connectivity index is 1.89. The second kappa shape index (κ2) is 6.25. The van der Waals surface area contributed by atoms with Crippen molar-refractivity contribution in [3.05, 3.63) is 27.2 Å². The number of fused-ring (bicyclic) bond motifs is 1. The highest BCUT2D eigenvalue weighted by atomic mass is 79.9. The fourth-order valence-electron chi connectivity index (χ4n) is 5.54. The van der Waals surface area contributed by atoms with Crippen molar-refractivity contribution in [2.75, 3.05) is 13.2 Å². The number of carbonyl (C=O) groups is 2. The number of benzene rings is 1. The third kappa shape index (κ3) is 2.41.